The summed E-state index contributed by atoms with van der Waals surface area (Å²) in [4.78, 5) is 0. The van der Waals surface area contributed by atoms with E-state index in [2.05, 4.69) is 10.0 Å². The molecular formula is C13H24N2O3S. The zero-order chi connectivity index (χ0) is 14.3. The number of sulfonamides is 1. The Kier molecular flexibility index (Phi) is 6.54. The summed E-state index contributed by atoms with van der Waals surface area (Å²) in [7, 11) is -3.54. The Hall–Kier alpha value is -0.850. The predicted molar refractivity (Wildman–Crippen MR) is 75.4 cm³/mol. The van der Waals surface area contributed by atoms with E-state index in [4.69, 9.17) is 4.42 Å². The van der Waals surface area contributed by atoms with Gasteiger partial charge in [-0.1, -0.05) is 27.2 Å². The van der Waals surface area contributed by atoms with E-state index in [0.717, 1.165) is 25.8 Å². The molecule has 19 heavy (non-hydrogen) atoms. The van der Waals surface area contributed by atoms with E-state index in [1.807, 2.05) is 20.8 Å². The lowest BCUT2D eigenvalue weighted by atomic mass is 10.1. The van der Waals surface area contributed by atoms with Gasteiger partial charge >= 0.3 is 0 Å². The lowest BCUT2D eigenvalue weighted by Gasteiger charge is -2.14. The van der Waals surface area contributed by atoms with E-state index >= 15 is 0 Å². The maximum Gasteiger partial charge on any atom is 0.274 e. The third-order valence-corrected chi connectivity index (χ3v) is 4.30. The maximum atomic E-state index is 12.1. The second-order valence-electron chi connectivity index (χ2n) is 4.52. The summed E-state index contributed by atoms with van der Waals surface area (Å²) in [5.74, 6) is 0.630. The number of hydrogen-bond acceptors (Lipinski definition) is 4. The van der Waals surface area contributed by atoms with Gasteiger partial charge < -0.3 is 9.73 Å². The standard InChI is InChI=1S/C13H24N2O3S/c1-4-7-11(5-2)15-19(16,17)13-9-8-12(18-13)10-14-6-3/h8-9,11,14-15H,4-7,10H2,1-3H3. The van der Waals surface area contributed by atoms with Crippen molar-refractivity contribution in [2.24, 2.45) is 0 Å². The zero-order valence-corrected chi connectivity index (χ0v) is 12.7. The molecule has 0 aromatic carbocycles. The number of hydrogen-bond donors (Lipinski definition) is 2. The molecular weight excluding hydrogens is 264 g/mol. The monoisotopic (exact) mass is 288 g/mol. The molecule has 110 valence electrons. The van der Waals surface area contributed by atoms with Crippen LogP contribution in [0.4, 0.5) is 0 Å². The molecule has 0 saturated heterocycles. The molecule has 1 aromatic rings. The minimum atomic E-state index is -3.54. The van der Waals surface area contributed by atoms with Crippen LogP contribution in [0.5, 0.6) is 0 Å². The lowest BCUT2D eigenvalue weighted by molar-refractivity contribution is 0.397. The van der Waals surface area contributed by atoms with E-state index in [1.54, 1.807) is 6.07 Å². The van der Waals surface area contributed by atoms with E-state index in [0.29, 0.717) is 12.3 Å². The Morgan fingerprint density at radius 3 is 2.58 bits per heavy atom. The second-order valence-corrected chi connectivity index (χ2v) is 6.16. The van der Waals surface area contributed by atoms with Gasteiger partial charge in [0.2, 0.25) is 5.09 Å². The maximum absolute atomic E-state index is 12.1. The normalized spacial score (nSPS) is 13.6. The molecule has 5 nitrogen and oxygen atoms in total. The fourth-order valence-electron chi connectivity index (χ4n) is 1.82. The largest absolute Gasteiger partial charge is 0.447 e. The van der Waals surface area contributed by atoms with Crippen LogP contribution < -0.4 is 10.0 Å². The van der Waals surface area contributed by atoms with E-state index in [1.165, 1.54) is 6.07 Å². The molecule has 1 atom stereocenters. The molecule has 1 aromatic heterocycles. The van der Waals surface area contributed by atoms with Crippen LogP contribution in [0.1, 0.15) is 45.8 Å². The SMILES string of the molecule is CCCC(CC)NS(=O)(=O)c1ccc(CNCC)o1. The molecule has 0 aliphatic rings. The molecule has 1 unspecified atom stereocenters. The van der Waals surface area contributed by atoms with Crippen molar-refractivity contribution in [2.45, 2.75) is 57.7 Å². The summed E-state index contributed by atoms with van der Waals surface area (Å²) < 4.78 is 32.3. The number of furan rings is 1. The zero-order valence-electron chi connectivity index (χ0n) is 11.9. The molecule has 0 saturated carbocycles. The molecule has 1 heterocycles. The Bertz CT molecular complexity index is 468. The van der Waals surface area contributed by atoms with Gasteiger partial charge in [0.15, 0.2) is 0 Å². The first-order valence-electron chi connectivity index (χ1n) is 6.85. The number of nitrogens with one attached hydrogen (secondary N) is 2. The van der Waals surface area contributed by atoms with Gasteiger partial charge in [0.1, 0.15) is 5.76 Å². The quantitative estimate of drug-likeness (QED) is 0.731. The molecule has 0 spiro atoms. The van der Waals surface area contributed by atoms with Gasteiger partial charge in [0.05, 0.1) is 6.54 Å². The van der Waals surface area contributed by atoms with E-state index < -0.39 is 10.0 Å². The van der Waals surface area contributed by atoms with Gasteiger partial charge in [-0.3, -0.25) is 0 Å². The summed E-state index contributed by atoms with van der Waals surface area (Å²) in [5.41, 5.74) is 0. The summed E-state index contributed by atoms with van der Waals surface area (Å²) in [6.07, 6.45) is 2.56. The Morgan fingerprint density at radius 1 is 1.26 bits per heavy atom. The summed E-state index contributed by atoms with van der Waals surface area (Å²) >= 11 is 0. The molecule has 0 amide bonds. The highest BCUT2D eigenvalue weighted by atomic mass is 32.2. The molecule has 0 bridgehead atoms. The average molecular weight is 288 g/mol. The van der Waals surface area contributed by atoms with Crippen molar-refractivity contribution in [1.82, 2.24) is 10.0 Å². The summed E-state index contributed by atoms with van der Waals surface area (Å²) in [6, 6.07) is 3.17. The van der Waals surface area contributed by atoms with Crippen LogP contribution in [0.2, 0.25) is 0 Å². The lowest BCUT2D eigenvalue weighted by Crippen LogP contribution is -2.34. The van der Waals surface area contributed by atoms with Gasteiger partial charge in [0.25, 0.3) is 10.0 Å². The highest BCUT2D eigenvalue weighted by molar-refractivity contribution is 7.89. The third kappa shape index (κ3) is 4.97. The third-order valence-electron chi connectivity index (χ3n) is 2.90. The van der Waals surface area contributed by atoms with Crippen LogP contribution in [0.25, 0.3) is 0 Å². The Balaban J connectivity index is 2.73. The van der Waals surface area contributed by atoms with Crippen molar-refractivity contribution < 1.29 is 12.8 Å². The fourth-order valence-corrected chi connectivity index (χ4v) is 3.12. The summed E-state index contributed by atoms with van der Waals surface area (Å²) in [5, 5.41) is 3.09. The molecule has 1 rings (SSSR count). The highest BCUT2D eigenvalue weighted by Gasteiger charge is 2.22. The smallest absolute Gasteiger partial charge is 0.274 e. The van der Waals surface area contributed by atoms with Crippen molar-refractivity contribution in [3.63, 3.8) is 0 Å². The van der Waals surface area contributed by atoms with Crippen LogP contribution in [0.15, 0.2) is 21.6 Å². The molecule has 0 fully saturated rings. The first kappa shape index (κ1) is 16.2. The topological polar surface area (TPSA) is 71.3 Å². The van der Waals surface area contributed by atoms with Gasteiger partial charge in [-0.2, -0.15) is 0 Å². The van der Waals surface area contributed by atoms with Gasteiger partial charge in [-0.05, 0) is 31.5 Å². The van der Waals surface area contributed by atoms with Crippen molar-refractivity contribution in [1.29, 1.82) is 0 Å². The minimum Gasteiger partial charge on any atom is -0.447 e. The van der Waals surface area contributed by atoms with Gasteiger partial charge in [0, 0.05) is 6.04 Å². The van der Waals surface area contributed by atoms with Crippen molar-refractivity contribution in [3.8, 4) is 0 Å². The molecule has 2 N–H and O–H groups in total. The first-order valence-corrected chi connectivity index (χ1v) is 8.33. The average Bonchev–Trinajstić information content (AvgIpc) is 2.85. The minimum absolute atomic E-state index is 0.00467. The highest BCUT2D eigenvalue weighted by Crippen LogP contribution is 2.15. The van der Waals surface area contributed by atoms with Crippen molar-refractivity contribution in [3.05, 3.63) is 17.9 Å². The predicted octanol–water partition coefficient (Wildman–Crippen LogP) is 2.25. The van der Waals surface area contributed by atoms with Crippen molar-refractivity contribution >= 4 is 10.0 Å². The first-order chi connectivity index (χ1) is 9.03. The second kappa shape index (κ2) is 7.67. The van der Waals surface area contributed by atoms with E-state index in [9.17, 15) is 8.42 Å². The van der Waals surface area contributed by atoms with Crippen LogP contribution in [0.3, 0.4) is 0 Å². The molecule has 0 aliphatic carbocycles. The Labute approximate surface area is 115 Å². The van der Waals surface area contributed by atoms with Crippen LogP contribution >= 0.6 is 0 Å². The van der Waals surface area contributed by atoms with E-state index in [-0.39, 0.29) is 11.1 Å². The Morgan fingerprint density at radius 2 is 2.00 bits per heavy atom. The van der Waals surface area contributed by atoms with Gasteiger partial charge in [-0.25, -0.2) is 13.1 Å². The fraction of sp³-hybridized carbons (Fsp3) is 0.692. The van der Waals surface area contributed by atoms with Crippen molar-refractivity contribution in [2.75, 3.05) is 6.54 Å². The molecule has 0 radical (unpaired) electrons. The molecule has 6 heteroatoms. The van der Waals surface area contributed by atoms with Gasteiger partial charge in [-0.15, -0.1) is 0 Å². The summed E-state index contributed by atoms with van der Waals surface area (Å²) in [6.45, 7) is 7.35. The van der Waals surface area contributed by atoms with Crippen LogP contribution in [-0.2, 0) is 16.6 Å². The van der Waals surface area contributed by atoms with Crippen LogP contribution in [-0.4, -0.2) is 21.0 Å². The van der Waals surface area contributed by atoms with Crippen LogP contribution in [0, 0.1) is 0 Å². The number of rotatable bonds is 9. The molecule has 0 aliphatic heterocycles.